The predicted octanol–water partition coefficient (Wildman–Crippen LogP) is 0.682. The van der Waals surface area contributed by atoms with Crippen molar-refractivity contribution in [1.82, 2.24) is 20.6 Å². The maximum Gasteiger partial charge on any atom is 0.147 e. The topological polar surface area (TPSA) is 88.9 Å². The number of hydrogen-bond acceptors (Lipinski definition) is 5. The molecule has 0 saturated heterocycles. The summed E-state index contributed by atoms with van der Waals surface area (Å²) in [6.07, 6.45) is 3.56. The third-order valence-electron chi connectivity index (χ3n) is 3.15. The molecule has 4 N–H and O–H groups in total. The number of rotatable bonds is 3. The van der Waals surface area contributed by atoms with Gasteiger partial charge in [0, 0.05) is 5.56 Å². The van der Waals surface area contributed by atoms with Gasteiger partial charge in [-0.1, -0.05) is 18.2 Å². The molecule has 1 atom stereocenters. The van der Waals surface area contributed by atoms with Gasteiger partial charge in [0.15, 0.2) is 0 Å². The molecule has 6 heteroatoms. The van der Waals surface area contributed by atoms with Gasteiger partial charge in [-0.05, 0) is 18.4 Å². The van der Waals surface area contributed by atoms with Crippen molar-refractivity contribution in [2.24, 2.45) is 5.84 Å². The molecule has 0 amide bonds. The van der Waals surface area contributed by atoms with Crippen LogP contribution in [0.25, 0.3) is 0 Å². The summed E-state index contributed by atoms with van der Waals surface area (Å²) in [5.41, 5.74) is 4.97. The van der Waals surface area contributed by atoms with E-state index in [9.17, 15) is 0 Å². The molecule has 0 radical (unpaired) electrons. The summed E-state index contributed by atoms with van der Waals surface area (Å²) in [4.78, 5) is 4.15. The van der Waals surface area contributed by atoms with E-state index in [0.29, 0.717) is 5.82 Å². The van der Waals surface area contributed by atoms with Crippen molar-refractivity contribution in [3.05, 3.63) is 41.5 Å². The van der Waals surface area contributed by atoms with Crippen LogP contribution in [0.5, 0.6) is 5.75 Å². The number of aromatic nitrogens is 3. The molecule has 1 aromatic heterocycles. The highest BCUT2D eigenvalue weighted by molar-refractivity contribution is 5.46. The van der Waals surface area contributed by atoms with E-state index in [4.69, 9.17) is 10.6 Å². The third-order valence-corrected chi connectivity index (χ3v) is 3.15. The first-order valence-electron chi connectivity index (χ1n) is 5.96. The summed E-state index contributed by atoms with van der Waals surface area (Å²) in [5, 5.41) is 6.69. The van der Waals surface area contributed by atoms with Crippen LogP contribution in [0.4, 0.5) is 0 Å². The Labute approximate surface area is 105 Å². The normalized spacial score (nSPS) is 15.8. The summed E-state index contributed by atoms with van der Waals surface area (Å²) >= 11 is 0. The standard InChI is InChI=1S/C12H15N5O/c13-16-10(12-14-7-15-17-12)9-5-1-3-8-4-2-6-18-11(8)9/h1,3,5,7,10,16H,2,4,6,13H2,(H,14,15,17). The van der Waals surface area contributed by atoms with E-state index in [2.05, 4.69) is 26.7 Å². The van der Waals surface area contributed by atoms with Crippen LogP contribution in [0, 0.1) is 0 Å². The lowest BCUT2D eigenvalue weighted by molar-refractivity contribution is 0.282. The van der Waals surface area contributed by atoms with Crippen LogP contribution in [0.15, 0.2) is 24.5 Å². The fourth-order valence-corrected chi connectivity index (χ4v) is 2.31. The Kier molecular flexibility index (Phi) is 2.95. The van der Waals surface area contributed by atoms with Gasteiger partial charge in [0.05, 0.1) is 6.61 Å². The molecular weight excluding hydrogens is 230 g/mol. The lowest BCUT2D eigenvalue weighted by atomic mass is 9.98. The lowest BCUT2D eigenvalue weighted by Gasteiger charge is -2.23. The minimum absolute atomic E-state index is 0.236. The SMILES string of the molecule is NNC(c1ncn[nH]1)c1cccc2c1OCCC2. The summed E-state index contributed by atoms with van der Waals surface area (Å²) < 4.78 is 5.78. The highest BCUT2D eigenvalue weighted by atomic mass is 16.5. The predicted molar refractivity (Wildman–Crippen MR) is 65.8 cm³/mol. The minimum Gasteiger partial charge on any atom is -0.493 e. The van der Waals surface area contributed by atoms with E-state index in [1.807, 2.05) is 12.1 Å². The zero-order chi connectivity index (χ0) is 12.4. The number of aromatic amines is 1. The van der Waals surface area contributed by atoms with Crippen molar-refractivity contribution in [2.75, 3.05) is 6.61 Å². The third kappa shape index (κ3) is 1.85. The molecule has 1 aliphatic heterocycles. The first kappa shape index (κ1) is 11.2. The molecule has 94 valence electrons. The Hall–Kier alpha value is -1.92. The Morgan fingerprint density at radius 3 is 3.17 bits per heavy atom. The number of nitrogens with one attached hydrogen (secondary N) is 2. The molecule has 0 fully saturated rings. The second kappa shape index (κ2) is 4.75. The van der Waals surface area contributed by atoms with Crippen LogP contribution < -0.4 is 16.0 Å². The van der Waals surface area contributed by atoms with Crippen molar-refractivity contribution < 1.29 is 4.74 Å². The molecule has 0 spiro atoms. The average molecular weight is 245 g/mol. The Balaban J connectivity index is 2.05. The second-order valence-electron chi connectivity index (χ2n) is 4.26. The second-order valence-corrected chi connectivity index (χ2v) is 4.26. The van der Waals surface area contributed by atoms with Crippen LogP contribution in [-0.4, -0.2) is 21.8 Å². The number of hydrogen-bond donors (Lipinski definition) is 3. The molecule has 18 heavy (non-hydrogen) atoms. The van der Waals surface area contributed by atoms with Crippen LogP contribution >= 0.6 is 0 Å². The van der Waals surface area contributed by atoms with Gasteiger partial charge >= 0.3 is 0 Å². The molecule has 0 bridgehead atoms. The molecule has 2 aromatic rings. The highest BCUT2D eigenvalue weighted by Gasteiger charge is 2.23. The summed E-state index contributed by atoms with van der Waals surface area (Å²) in [5.74, 6) is 7.24. The number of nitrogens with zero attached hydrogens (tertiary/aromatic N) is 2. The van der Waals surface area contributed by atoms with Crippen LogP contribution in [-0.2, 0) is 6.42 Å². The molecule has 2 heterocycles. The van der Waals surface area contributed by atoms with Crippen molar-refractivity contribution in [1.29, 1.82) is 0 Å². The first-order chi connectivity index (χ1) is 8.90. The van der Waals surface area contributed by atoms with E-state index >= 15 is 0 Å². The quantitative estimate of drug-likeness (QED) is 0.546. The zero-order valence-corrected chi connectivity index (χ0v) is 9.89. The molecule has 1 aromatic carbocycles. The first-order valence-corrected chi connectivity index (χ1v) is 5.96. The van der Waals surface area contributed by atoms with Crippen molar-refractivity contribution in [2.45, 2.75) is 18.9 Å². The van der Waals surface area contributed by atoms with Crippen LogP contribution in [0.3, 0.4) is 0 Å². The van der Waals surface area contributed by atoms with Crippen molar-refractivity contribution >= 4 is 0 Å². The van der Waals surface area contributed by atoms with Crippen molar-refractivity contribution in [3.63, 3.8) is 0 Å². The number of aryl methyl sites for hydroxylation is 1. The highest BCUT2D eigenvalue weighted by Crippen LogP contribution is 2.34. The monoisotopic (exact) mass is 245 g/mol. The van der Waals surface area contributed by atoms with E-state index in [-0.39, 0.29) is 6.04 Å². The van der Waals surface area contributed by atoms with Gasteiger partial charge in [-0.3, -0.25) is 10.9 Å². The number of benzene rings is 1. The summed E-state index contributed by atoms with van der Waals surface area (Å²) in [7, 11) is 0. The number of para-hydroxylation sites is 1. The van der Waals surface area contributed by atoms with Gasteiger partial charge in [0.25, 0.3) is 0 Å². The average Bonchev–Trinajstić information content (AvgIpc) is 2.94. The van der Waals surface area contributed by atoms with Gasteiger partial charge in [0.1, 0.15) is 23.9 Å². The van der Waals surface area contributed by atoms with Gasteiger partial charge in [-0.25, -0.2) is 10.4 Å². The number of H-pyrrole nitrogens is 1. The summed E-state index contributed by atoms with van der Waals surface area (Å²) in [6.45, 7) is 0.748. The number of hydrazine groups is 1. The maximum atomic E-state index is 5.78. The largest absolute Gasteiger partial charge is 0.493 e. The molecule has 0 aliphatic carbocycles. The zero-order valence-electron chi connectivity index (χ0n) is 9.89. The van der Waals surface area contributed by atoms with Gasteiger partial charge in [-0.15, -0.1) is 0 Å². The van der Waals surface area contributed by atoms with Crippen LogP contribution in [0.2, 0.25) is 0 Å². The number of ether oxygens (including phenoxy) is 1. The maximum absolute atomic E-state index is 5.78. The Morgan fingerprint density at radius 1 is 1.44 bits per heavy atom. The Morgan fingerprint density at radius 2 is 2.39 bits per heavy atom. The molecular formula is C12H15N5O. The van der Waals surface area contributed by atoms with Gasteiger partial charge in [0.2, 0.25) is 0 Å². The molecule has 0 saturated carbocycles. The molecule has 1 unspecified atom stereocenters. The Bertz CT molecular complexity index is 525. The fourth-order valence-electron chi connectivity index (χ4n) is 2.31. The molecule has 1 aliphatic rings. The van der Waals surface area contributed by atoms with Gasteiger partial charge < -0.3 is 4.74 Å². The van der Waals surface area contributed by atoms with E-state index in [1.54, 1.807) is 0 Å². The van der Waals surface area contributed by atoms with Gasteiger partial charge in [-0.2, -0.15) is 5.10 Å². The number of nitrogens with two attached hydrogens (primary N) is 1. The minimum atomic E-state index is -0.236. The lowest BCUT2D eigenvalue weighted by Crippen LogP contribution is -2.30. The van der Waals surface area contributed by atoms with Crippen molar-refractivity contribution in [3.8, 4) is 5.75 Å². The molecule has 6 nitrogen and oxygen atoms in total. The van der Waals surface area contributed by atoms with E-state index in [0.717, 1.165) is 30.8 Å². The summed E-state index contributed by atoms with van der Waals surface area (Å²) in [6, 6.07) is 5.87. The van der Waals surface area contributed by atoms with E-state index in [1.165, 1.54) is 11.9 Å². The van der Waals surface area contributed by atoms with E-state index < -0.39 is 0 Å². The smallest absolute Gasteiger partial charge is 0.147 e. The number of fused-ring (bicyclic) bond motifs is 1. The fraction of sp³-hybridized carbons (Fsp3) is 0.333. The van der Waals surface area contributed by atoms with Crippen LogP contribution in [0.1, 0.15) is 29.4 Å². The molecule has 3 rings (SSSR count).